The first kappa shape index (κ1) is 24.1. The Balaban J connectivity index is 1.48. The second-order valence-electron chi connectivity index (χ2n) is 9.06. The van der Waals surface area contributed by atoms with E-state index in [1.807, 2.05) is 9.80 Å². The molecule has 0 radical (unpaired) electrons. The van der Waals surface area contributed by atoms with Gasteiger partial charge in [0.1, 0.15) is 11.7 Å². The Morgan fingerprint density at radius 1 is 1.09 bits per heavy atom. The van der Waals surface area contributed by atoms with Crippen molar-refractivity contribution in [3.8, 4) is 0 Å². The summed E-state index contributed by atoms with van der Waals surface area (Å²) in [7, 11) is 0. The van der Waals surface area contributed by atoms with Gasteiger partial charge in [0.05, 0.1) is 5.69 Å². The molecule has 1 aliphatic carbocycles. The highest BCUT2D eigenvalue weighted by molar-refractivity contribution is 5.96. The number of hydrogen-bond donors (Lipinski definition) is 0. The summed E-state index contributed by atoms with van der Waals surface area (Å²) >= 11 is 0. The summed E-state index contributed by atoms with van der Waals surface area (Å²) in [6.45, 7) is 4.42. The smallest absolute Gasteiger partial charge is 0.311 e. The minimum atomic E-state index is -1.57. The van der Waals surface area contributed by atoms with Crippen LogP contribution in [0.2, 0.25) is 0 Å². The molecule has 0 saturated carbocycles. The fourth-order valence-corrected chi connectivity index (χ4v) is 5.23. The minimum absolute atomic E-state index is 0.113. The molecular weight excluding hydrogens is 439 g/mol. The van der Waals surface area contributed by atoms with Crippen LogP contribution in [0.4, 0.5) is 10.1 Å². The molecule has 4 rings (SSSR count). The summed E-state index contributed by atoms with van der Waals surface area (Å²) in [6.07, 6.45) is 9.68. The lowest BCUT2D eigenvalue weighted by atomic mass is 9.84. The third-order valence-corrected chi connectivity index (χ3v) is 7.16. The third-order valence-electron chi connectivity index (χ3n) is 7.16. The summed E-state index contributed by atoms with van der Waals surface area (Å²) in [5.74, 6) is -1.75. The zero-order chi connectivity index (χ0) is 24.3. The van der Waals surface area contributed by atoms with Crippen LogP contribution in [0.5, 0.6) is 0 Å². The van der Waals surface area contributed by atoms with Crippen LogP contribution >= 0.6 is 0 Å². The number of ketones is 1. The summed E-state index contributed by atoms with van der Waals surface area (Å²) in [6, 6.07) is 4.51. The third kappa shape index (κ3) is 4.36. The molecule has 1 aromatic carbocycles. The Labute approximate surface area is 198 Å². The summed E-state index contributed by atoms with van der Waals surface area (Å²) in [5, 5.41) is 12.4. The standard InChI is InChI=1S/C25H31FN4O4/c1-2-23(31)19-9-10-22(21(26)18-19)27-14-16-28(17-15-27)24(32)20-8-4-5-11-25(20,30(33)34)29-12-6-3-7-13-29/h4-5,8-11,18,20H,2-3,6-7,12-17H2,1H3. The van der Waals surface area contributed by atoms with E-state index in [1.165, 1.54) is 6.07 Å². The number of benzene rings is 1. The van der Waals surface area contributed by atoms with Crippen LogP contribution in [-0.2, 0) is 4.79 Å². The second-order valence-corrected chi connectivity index (χ2v) is 9.06. The van der Waals surface area contributed by atoms with Crippen LogP contribution in [0.15, 0.2) is 42.5 Å². The number of piperazine rings is 1. The van der Waals surface area contributed by atoms with E-state index in [-0.39, 0.29) is 16.6 Å². The number of piperidine rings is 1. The summed E-state index contributed by atoms with van der Waals surface area (Å²) < 4.78 is 14.7. The maximum absolute atomic E-state index is 14.7. The van der Waals surface area contributed by atoms with E-state index in [9.17, 15) is 24.1 Å². The molecule has 2 atom stereocenters. The highest BCUT2D eigenvalue weighted by Gasteiger charge is 2.57. The number of allylic oxidation sites excluding steroid dienone is 2. The van der Waals surface area contributed by atoms with E-state index in [1.54, 1.807) is 48.3 Å². The topological polar surface area (TPSA) is 87.0 Å². The van der Waals surface area contributed by atoms with Gasteiger partial charge in [-0.05, 0) is 31.0 Å². The van der Waals surface area contributed by atoms with Crippen LogP contribution in [0.1, 0.15) is 43.0 Å². The van der Waals surface area contributed by atoms with Crippen LogP contribution < -0.4 is 4.90 Å². The first-order valence-electron chi connectivity index (χ1n) is 12.0. The van der Waals surface area contributed by atoms with E-state index < -0.39 is 17.4 Å². The normalized spacial score (nSPS) is 25.4. The quantitative estimate of drug-likeness (QED) is 0.360. The van der Waals surface area contributed by atoms with Gasteiger partial charge in [0.2, 0.25) is 5.91 Å². The maximum Gasteiger partial charge on any atom is 0.311 e. The molecule has 2 fully saturated rings. The lowest BCUT2D eigenvalue weighted by molar-refractivity contribution is -0.592. The Hall–Kier alpha value is -3.07. The van der Waals surface area contributed by atoms with Crippen molar-refractivity contribution in [2.24, 2.45) is 5.92 Å². The zero-order valence-electron chi connectivity index (χ0n) is 19.5. The maximum atomic E-state index is 14.7. The second kappa shape index (κ2) is 10.0. The summed E-state index contributed by atoms with van der Waals surface area (Å²) in [4.78, 5) is 42.8. The van der Waals surface area contributed by atoms with Crippen molar-refractivity contribution in [1.29, 1.82) is 0 Å². The Morgan fingerprint density at radius 2 is 1.79 bits per heavy atom. The molecular formula is C25H31FN4O4. The number of amides is 1. The molecule has 0 N–H and O–H groups in total. The van der Waals surface area contributed by atoms with Crippen molar-refractivity contribution >= 4 is 17.4 Å². The first-order valence-corrected chi connectivity index (χ1v) is 12.0. The molecule has 0 spiro atoms. The molecule has 2 saturated heterocycles. The molecule has 34 heavy (non-hydrogen) atoms. The van der Waals surface area contributed by atoms with E-state index >= 15 is 0 Å². The van der Waals surface area contributed by atoms with Gasteiger partial charge in [0.25, 0.3) is 0 Å². The fraction of sp³-hybridized carbons (Fsp3) is 0.520. The predicted molar refractivity (Wildman–Crippen MR) is 127 cm³/mol. The molecule has 2 aliphatic heterocycles. The molecule has 1 aromatic rings. The first-order chi connectivity index (χ1) is 16.4. The molecule has 3 aliphatic rings. The van der Waals surface area contributed by atoms with E-state index in [0.29, 0.717) is 56.9 Å². The largest absolute Gasteiger partial charge is 0.366 e. The van der Waals surface area contributed by atoms with Gasteiger partial charge in [0.15, 0.2) is 5.78 Å². The van der Waals surface area contributed by atoms with Gasteiger partial charge in [-0.1, -0.05) is 31.6 Å². The molecule has 2 heterocycles. The van der Waals surface area contributed by atoms with Crippen LogP contribution in [0.3, 0.4) is 0 Å². The van der Waals surface area contributed by atoms with Gasteiger partial charge in [-0.3, -0.25) is 19.7 Å². The number of likely N-dealkylation sites (tertiary alicyclic amines) is 1. The van der Waals surface area contributed by atoms with Gasteiger partial charge in [-0.25, -0.2) is 9.29 Å². The molecule has 0 bridgehead atoms. The number of carbonyl (C=O) groups is 2. The Kier molecular flexibility index (Phi) is 7.11. The van der Waals surface area contributed by atoms with Crippen LogP contribution in [0, 0.1) is 21.8 Å². The van der Waals surface area contributed by atoms with Crippen LogP contribution in [-0.4, -0.2) is 71.3 Å². The number of nitro groups is 1. The summed E-state index contributed by atoms with van der Waals surface area (Å²) in [5.41, 5.74) is -0.825. The highest BCUT2D eigenvalue weighted by atomic mass is 19.1. The predicted octanol–water partition coefficient (Wildman–Crippen LogP) is 3.27. The van der Waals surface area contributed by atoms with Crippen LogP contribution in [0.25, 0.3) is 0 Å². The SMILES string of the molecule is CCC(=O)c1ccc(N2CCN(C(=O)C3C=CC=CC3(N3CCCCC3)[N+](=O)[O-])CC2)c(F)c1. The molecule has 182 valence electrons. The Morgan fingerprint density at radius 3 is 2.41 bits per heavy atom. The molecule has 0 aromatic heterocycles. The number of hydrogen-bond acceptors (Lipinski definition) is 6. The highest BCUT2D eigenvalue weighted by Crippen LogP contribution is 2.35. The average molecular weight is 471 g/mol. The molecule has 8 nitrogen and oxygen atoms in total. The number of rotatable bonds is 6. The molecule has 2 unspecified atom stereocenters. The fourth-order valence-electron chi connectivity index (χ4n) is 5.23. The number of Topliss-reactive ketones (excluding diaryl/α,β-unsaturated/α-hetero) is 1. The lowest BCUT2D eigenvalue weighted by Crippen LogP contribution is -2.64. The van der Waals surface area contributed by atoms with Crippen molar-refractivity contribution in [3.63, 3.8) is 0 Å². The Bertz CT molecular complexity index is 1010. The van der Waals surface area contributed by atoms with Gasteiger partial charge < -0.3 is 9.80 Å². The number of anilines is 1. The van der Waals surface area contributed by atoms with Crippen molar-refractivity contribution in [1.82, 2.24) is 9.80 Å². The van der Waals surface area contributed by atoms with Gasteiger partial charge >= 0.3 is 5.66 Å². The average Bonchev–Trinajstić information content (AvgIpc) is 2.88. The number of halogens is 1. The number of carbonyl (C=O) groups excluding carboxylic acids is 2. The van der Waals surface area contributed by atoms with E-state index in [0.717, 1.165) is 19.3 Å². The minimum Gasteiger partial charge on any atom is -0.366 e. The van der Waals surface area contributed by atoms with Gasteiger partial charge in [-0.15, -0.1) is 0 Å². The van der Waals surface area contributed by atoms with Crippen molar-refractivity contribution in [3.05, 3.63) is 64.0 Å². The zero-order valence-corrected chi connectivity index (χ0v) is 19.5. The number of nitrogens with zero attached hydrogens (tertiary/aromatic N) is 4. The van der Waals surface area contributed by atoms with Crippen molar-refractivity contribution < 1.29 is 18.9 Å². The van der Waals surface area contributed by atoms with Gasteiger partial charge in [-0.2, -0.15) is 0 Å². The monoisotopic (exact) mass is 470 g/mol. The van der Waals surface area contributed by atoms with Gasteiger partial charge in [0, 0.05) is 62.3 Å². The molecule has 1 amide bonds. The van der Waals surface area contributed by atoms with E-state index in [2.05, 4.69) is 0 Å². The van der Waals surface area contributed by atoms with Crippen molar-refractivity contribution in [2.75, 3.05) is 44.2 Å². The lowest BCUT2D eigenvalue weighted by Gasteiger charge is -2.43. The molecule has 9 heteroatoms. The van der Waals surface area contributed by atoms with E-state index in [4.69, 9.17) is 0 Å². The van der Waals surface area contributed by atoms with Crippen molar-refractivity contribution in [2.45, 2.75) is 38.3 Å².